The van der Waals surface area contributed by atoms with Crippen molar-refractivity contribution in [2.45, 2.75) is 0 Å². The summed E-state index contributed by atoms with van der Waals surface area (Å²) in [7, 11) is 0. The molecule has 4 nitrogen and oxygen atoms in total. The maximum Gasteiger partial charge on any atom is 0.181 e. The predicted octanol–water partition coefficient (Wildman–Crippen LogP) is 2.14. The van der Waals surface area contributed by atoms with Crippen molar-refractivity contribution in [3.63, 3.8) is 0 Å². The van der Waals surface area contributed by atoms with E-state index in [1.165, 1.54) is 0 Å². The Labute approximate surface area is 90.8 Å². The smallest absolute Gasteiger partial charge is 0.181 e. The van der Waals surface area contributed by atoms with Gasteiger partial charge < -0.3 is 0 Å². The number of fused-ring (bicyclic) bond motifs is 6. The molecule has 0 saturated heterocycles. The molecule has 0 saturated carbocycles. The average Bonchev–Trinajstić information content (AvgIpc) is 2.98. The zero-order valence-electron chi connectivity index (χ0n) is 8.41. The number of para-hydroxylation sites is 2. The molecule has 4 rings (SSSR count). The van der Waals surface area contributed by atoms with Gasteiger partial charge in [-0.15, -0.1) is 0 Å². The minimum Gasteiger partial charge on any atom is -0.295 e. The number of imidazole rings is 2. The molecule has 0 aliphatic rings. The van der Waals surface area contributed by atoms with Crippen molar-refractivity contribution in [1.82, 2.24) is 18.8 Å². The van der Waals surface area contributed by atoms with E-state index in [0.717, 1.165) is 22.3 Å². The Morgan fingerprint density at radius 1 is 0.750 bits per heavy atom. The normalized spacial score (nSPS) is 11.8. The van der Waals surface area contributed by atoms with Crippen molar-refractivity contribution in [3.05, 3.63) is 49.1 Å². The van der Waals surface area contributed by atoms with Gasteiger partial charge in [-0.05, 0) is 12.1 Å². The molecule has 0 N–H and O–H groups in total. The van der Waals surface area contributed by atoms with Gasteiger partial charge in [0.2, 0.25) is 0 Å². The molecule has 0 fully saturated rings. The largest absolute Gasteiger partial charge is 0.295 e. The molecule has 76 valence electrons. The second-order valence-electron chi connectivity index (χ2n) is 3.73. The van der Waals surface area contributed by atoms with Crippen LogP contribution in [-0.2, 0) is 0 Å². The fraction of sp³-hybridized carbons (Fsp3) is 0. The number of nitrogens with zero attached hydrogens (tertiary/aromatic N) is 4. The zero-order valence-corrected chi connectivity index (χ0v) is 8.41. The molecule has 1 aromatic carbocycles. The van der Waals surface area contributed by atoms with Gasteiger partial charge in [-0.2, -0.15) is 0 Å². The average molecular weight is 208 g/mol. The summed E-state index contributed by atoms with van der Waals surface area (Å²) < 4.78 is 4.13. The minimum atomic E-state index is 0.892. The summed E-state index contributed by atoms with van der Waals surface area (Å²) in [6.07, 6.45) is 7.53. The lowest BCUT2D eigenvalue weighted by molar-refractivity contribution is 1.17. The van der Waals surface area contributed by atoms with Crippen molar-refractivity contribution in [3.8, 4) is 0 Å². The Hall–Kier alpha value is -2.36. The number of hydrogen-bond acceptors (Lipinski definition) is 2. The number of aromatic nitrogens is 4. The highest BCUT2D eigenvalue weighted by atomic mass is 15.1. The van der Waals surface area contributed by atoms with Crippen LogP contribution < -0.4 is 0 Å². The van der Waals surface area contributed by atoms with E-state index in [2.05, 4.69) is 30.9 Å². The van der Waals surface area contributed by atoms with Gasteiger partial charge in [0.25, 0.3) is 0 Å². The standard InChI is InChI=1S/C12H8N4/c1-2-4-10-9(3-1)15-7-5-13-11(15)12-14-6-8-16(10)12/h1-8H. The number of benzene rings is 1. The first kappa shape index (κ1) is 7.87. The van der Waals surface area contributed by atoms with Crippen molar-refractivity contribution in [2.75, 3.05) is 0 Å². The lowest BCUT2D eigenvalue weighted by Gasteiger charge is -2.05. The fourth-order valence-corrected chi connectivity index (χ4v) is 2.20. The van der Waals surface area contributed by atoms with Crippen molar-refractivity contribution < 1.29 is 0 Å². The molecule has 4 heteroatoms. The number of rotatable bonds is 0. The van der Waals surface area contributed by atoms with Crippen LogP contribution in [0.15, 0.2) is 49.1 Å². The minimum absolute atomic E-state index is 0.892. The molecule has 16 heavy (non-hydrogen) atoms. The molecule has 0 aliphatic carbocycles. The van der Waals surface area contributed by atoms with Crippen LogP contribution in [0.2, 0.25) is 0 Å². The Bertz CT molecular complexity index is 740. The third-order valence-electron chi connectivity index (χ3n) is 2.88. The summed E-state index contributed by atoms with van der Waals surface area (Å²) in [5, 5.41) is 0. The molecule has 3 heterocycles. The molecule has 0 radical (unpaired) electrons. The first-order valence-corrected chi connectivity index (χ1v) is 5.12. The van der Waals surface area contributed by atoms with Gasteiger partial charge in [0.05, 0.1) is 11.0 Å². The molecular weight excluding hydrogens is 200 g/mol. The second-order valence-corrected chi connectivity index (χ2v) is 3.73. The highest BCUT2D eigenvalue weighted by Crippen LogP contribution is 2.19. The van der Waals surface area contributed by atoms with Gasteiger partial charge in [-0.1, -0.05) is 12.1 Å². The van der Waals surface area contributed by atoms with Gasteiger partial charge in [0.1, 0.15) is 0 Å². The molecule has 0 unspecified atom stereocenters. The van der Waals surface area contributed by atoms with Gasteiger partial charge in [-0.3, -0.25) is 8.80 Å². The molecule has 0 spiro atoms. The van der Waals surface area contributed by atoms with Crippen LogP contribution >= 0.6 is 0 Å². The summed E-state index contributed by atoms with van der Waals surface area (Å²) >= 11 is 0. The van der Waals surface area contributed by atoms with E-state index in [1.807, 2.05) is 24.5 Å². The second kappa shape index (κ2) is 2.61. The Kier molecular flexibility index (Phi) is 1.28. The van der Waals surface area contributed by atoms with Crippen molar-refractivity contribution >= 4 is 22.3 Å². The first-order valence-electron chi connectivity index (χ1n) is 5.12. The lowest BCUT2D eigenvalue weighted by atomic mass is 10.3. The highest BCUT2D eigenvalue weighted by Gasteiger charge is 2.08. The van der Waals surface area contributed by atoms with Gasteiger partial charge in [0.15, 0.2) is 11.3 Å². The molecule has 0 aliphatic heterocycles. The summed E-state index contributed by atoms with van der Waals surface area (Å²) in [6.45, 7) is 0. The third-order valence-corrected chi connectivity index (χ3v) is 2.88. The maximum atomic E-state index is 4.35. The van der Waals surface area contributed by atoms with E-state index in [1.54, 1.807) is 12.4 Å². The van der Waals surface area contributed by atoms with E-state index in [9.17, 15) is 0 Å². The van der Waals surface area contributed by atoms with E-state index < -0.39 is 0 Å². The fourth-order valence-electron chi connectivity index (χ4n) is 2.20. The summed E-state index contributed by atoms with van der Waals surface area (Å²) in [5.41, 5.74) is 4.06. The van der Waals surface area contributed by atoms with Crippen LogP contribution in [0.4, 0.5) is 0 Å². The highest BCUT2D eigenvalue weighted by molar-refractivity contribution is 5.85. The van der Waals surface area contributed by atoms with Crippen molar-refractivity contribution in [2.24, 2.45) is 0 Å². The van der Waals surface area contributed by atoms with E-state index >= 15 is 0 Å². The van der Waals surface area contributed by atoms with E-state index in [-0.39, 0.29) is 0 Å². The van der Waals surface area contributed by atoms with Gasteiger partial charge >= 0.3 is 0 Å². The summed E-state index contributed by atoms with van der Waals surface area (Å²) in [6, 6.07) is 8.24. The predicted molar refractivity (Wildman–Crippen MR) is 61.4 cm³/mol. The SMILES string of the molecule is c1ccc2c(c1)n1ccnc1c1nccn21. The Morgan fingerprint density at radius 2 is 1.25 bits per heavy atom. The van der Waals surface area contributed by atoms with E-state index in [0.29, 0.717) is 0 Å². The lowest BCUT2D eigenvalue weighted by Crippen LogP contribution is -1.95. The van der Waals surface area contributed by atoms with Gasteiger partial charge in [-0.25, -0.2) is 9.97 Å². The summed E-state index contributed by atoms with van der Waals surface area (Å²) in [4.78, 5) is 8.70. The maximum absolute atomic E-state index is 4.35. The zero-order chi connectivity index (χ0) is 10.5. The van der Waals surface area contributed by atoms with Crippen LogP contribution in [0, 0.1) is 0 Å². The Morgan fingerprint density at radius 3 is 1.75 bits per heavy atom. The quantitative estimate of drug-likeness (QED) is 0.443. The molecule has 0 atom stereocenters. The number of hydrogen-bond donors (Lipinski definition) is 0. The third kappa shape index (κ3) is 0.798. The molecule has 3 aromatic heterocycles. The van der Waals surface area contributed by atoms with Crippen LogP contribution in [-0.4, -0.2) is 18.8 Å². The first-order chi connectivity index (χ1) is 7.95. The van der Waals surface area contributed by atoms with Crippen LogP contribution in [0.5, 0.6) is 0 Å². The van der Waals surface area contributed by atoms with Crippen LogP contribution in [0.25, 0.3) is 22.3 Å². The van der Waals surface area contributed by atoms with E-state index in [4.69, 9.17) is 0 Å². The topological polar surface area (TPSA) is 34.6 Å². The molecule has 0 bridgehead atoms. The molecular formula is C12H8N4. The van der Waals surface area contributed by atoms with Crippen LogP contribution in [0.1, 0.15) is 0 Å². The Balaban J connectivity index is 2.51. The molecule has 0 amide bonds. The summed E-state index contributed by atoms with van der Waals surface area (Å²) in [5.74, 6) is 0. The van der Waals surface area contributed by atoms with Crippen molar-refractivity contribution in [1.29, 1.82) is 0 Å². The monoisotopic (exact) mass is 208 g/mol. The van der Waals surface area contributed by atoms with Crippen LogP contribution in [0.3, 0.4) is 0 Å². The van der Waals surface area contributed by atoms with Gasteiger partial charge in [0, 0.05) is 24.8 Å². The molecule has 4 aromatic rings.